The monoisotopic (exact) mass is 486 g/mol. The Labute approximate surface area is 197 Å². The summed E-state index contributed by atoms with van der Waals surface area (Å²) >= 11 is 0. The number of benzene rings is 1. The smallest absolute Gasteiger partial charge is 0.433 e. The number of nitrogens with one attached hydrogen (secondary N) is 1. The number of oxazole rings is 1. The first-order valence-corrected chi connectivity index (χ1v) is 10.5. The van der Waals surface area contributed by atoms with Gasteiger partial charge in [0.25, 0.3) is 5.91 Å². The van der Waals surface area contributed by atoms with Crippen LogP contribution < -0.4 is 15.8 Å². The number of methoxy groups -OCH3 is 1. The van der Waals surface area contributed by atoms with E-state index < -0.39 is 23.8 Å². The van der Waals surface area contributed by atoms with Crippen molar-refractivity contribution in [2.24, 2.45) is 5.73 Å². The zero-order valence-electron chi connectivity index (χ0n) is 19.0. The number of carbonyl (C=O) groups is 1. The molecule has 0 aliphatic heterocycles. The molecular weight excluding hydrogens is 465 g/mol. The van der Waals surface area contributed by atoms with Crippen LogP contribution in [0.4, 0.5) is 13.2 Å². The Morgan fingerprint density at radius 3 is 2.57 bits per heavy atom. The van der Waals surface area contributed by atoms with E-state index >= 15 is 0 Å². The number of nitrogens with zero attached hydrogens (tertiary/aromatic N) is 4. The average Bonchev–Trinajstić information content (AvgIpc) is 3.27. The van der Waals surface area contributed by atoms with Crippen molar-refractivity contribution >= 4 is 16.8 Å². The number of hydrogen-bond acceptors (Lipinski definition) is 8. The van der Waals surface area contributed by atoms with Gasteiger partial charge in [-0.1, -0.05) is 0 Å². The number of ether oxygens (including phenoxy) is 1. The summed E-state index contributed by atoms with van der Waals surface area (Å²) in [6, 6.07) is 4.45. The largest absolute Gasteiger partial charge is 0.494 e. The number of amides is 1. The molecule has 3 aromatic heterocycles. The summed E-state index contributed by atoms with van der Waals surface area (Å²) in [5, 5.41) is 3.02. The number of rotatable bonds is 6. The van der Waals surface area contributed by atoms with Gasteiger partial charge in [0, 0.05) is 23.3 Å². The van der Waals surface area contributed by atoms with Crippen LogP contribution in [0.2, 0.25) is 0 Å². The maximum atomic E-state index is 13.2. The molecule has 35 heavy (non-hydrogen) atoms. The fraction of sp³-hybridized carbons (Fsp3) is 0.261. The van der Waals surface area contributed by atoms with E-state index in [1.807, 2.05) is 0 Å². The number of carbonyl (C=O) groups excluding carboxylic acids is 1. The summed E-state index contributed by atoms with van der Waals surface area (Å²) in [5.74, 6) is -0.275. The third-order valence-electron chi connectivity index (χ3n) is 5.24. The number of pyridine rings is 1. The van der Waals surface area contributed by atoms with Crippen LogP contribution in [0.15, 0.2) is 41.1 Å². The quantitative estimate of drug-likeness (QED) is 0.419. The van der Waals surface area contributed by atoms with E-state index in [9.17, 15) is 18.0 Å². The molecule has 0 aliphatic carbocycles. The lowest BCUT2D eigenvalue weighted by molar-refractivity contribution is -0.140. The molecule has 9 nitrogen and oxygen atoms in total. The number of nitrogens with two attached hydrogens (primary N) is 1. The van der Waals surface area contributed by atoms with Crippen LogP contribution in [0.1, 0.15) is 46.3 Å². The van der Waals surface area contributed by atoms with Gasteiger partial charge in [-0.05, 0) is 38.1 Å². The molecule has 0 saturated carbocycles. The van der Waals surface area contributed by atoms with E-state index in [4.69, 9.17) is 14.9 Å². The molecule has 0 unspecified atom stereocenters. The SMILES string of the molecule is COc1ccc(-c2nc(C(=O)NCc3nccnc3C)c([C@H](C)N)o2)c2ccc(C(F)(F)F)nc12. The molecule has 182 valence electrons. The lowest BCUT2D eigenvalue weighted by Gasteiger charge is -2.11. The number of fused-ring (bicyclic) bond motifs is 1. The second-order valence-corrected chi connectivity index (χ2v) is 7.70. The van der Waals surface area contributed by atoms with E-state index in [-0.39, 0.29) is 35.2 Å². The van der Waals surface area contributed by atoms with E-state index in [0.717, 1.165) is 6.07 Å². The fourth-order valence-electron chi connectivity index (χ4n) is 3.48. The highest BCUT2D eigenvalue weighted by atomic mass is 19.4. The standard InChI is InChI=1S/C23H21F3N6O3/c1-11(27)20-19(21(33)30-10-15-12(2)28-8-9-29-15)32-22(35-20)14-4-6-16(34-3)18-13(14)5-7-17(31-18)23(24,25)26/h4-9,11H,10,27H2,1-3H3,(H,30,33)/t11-/m0/s1. The zero-order valence-corrected chi connectivity index (χ0v) is 19.0. The van der Waals surface area contributed by atoms with Crippen molar-refractivity contribution in [2.45, 2.75) is 32.6 Å². The topological polar surface area (TPSA) is 129 Å². The molecule has 0 bridgehead atoms. The van der Waals surface area contributed by atoms with E-state index in [1.54, 1.807) is 26.1 Å². The first-order valence-electron chi connectivity index (χ1n) is 10.5. The van der Waals surface area contributed by atoms with Crippen LogP contribution in [0.3, 0.4) is 0 Å². The molecule has 0 spiro atoms. The third-order valence-corrected chi connectivity index (χ3v) is 5.24. The lowest BCUT2D eigenvalue weighted by Crippen LogP contribution is -2.26. The Kier molecular flexibility index (Phi) is 6.39. The van der Waals surface area contributed by atoms with Crippen molar-refractivity contribution < 1.29 is 27.1 Å². The second kappa shape index (κ2) is 9.29. The molecule has 4 aromatic rings. The second-order valence-electron chi connectivity index (χ2n) is 7.70. The highest BCUT2D eigenvalue weighted by Gasteiger charge is 2.33. The Bertz CT molecular complexity index is 1400. The number of aromatic nitrogens is 4. The zero-order chi connectivity index (χ0) is 25.3. The molecule has 3 heterocycles. The van der Waals surface area contributed by atoms with Crippen molar-refractivity contribution in [3.8, 4) is 17.2 Å². The van der Waals surface area contributed by atoms with Crippen LogP contribution in [0, 0.1) is 6.92 Å². The summed E-state index contributed by atoms with van der Waals surface area (Å²) in [4.78, 5) is 29.3. The van der Waals surface area contributed by atoms with Gasteiger partial charge < -0.3 is 20.2 Å². The molecule has 3 N–H and O–H groups in total. The van der Waals surface area contributed by atoms with E-state index in [2.05, 4.69) is 25.3 Å². The van der Waals surface area contributed by atoms with Crippen molar-refractivity contribution in [1.29, 1.82) is 0 Å². The Morgan fingerprint density at radius 1 is 1.17 bits per heavy atom. The van der Waals surface area contributed by atoms with Crippen molar-refractivity contribution in [3.05, 3.63) is 65.2 Å². The molecule has 12 heteroatoms. The van der Waals surface area contributed by atoms with Crippen molar-refractivity contribution in [2.75, 3.05) is 7.11 Å². The summed E-state index contributed by atoms with van der Waals surface area (Å²) < 4.78 is 50.7. The van der Waals surface area contributed by atoms with Gasteiger partial charge in [-0.25, -0.2) is 9.97 Å². The first-order chi connectivity index (χ1) is 16.6. The predicted octanol–water partition coefficient (Wildman–Crippen LogP) is 3.97. The van der Waals surface area contributed by atoms with Gasteiger partial charge in [0.05, 0.1) is 31.1 Å². The van der Waals surface area contributed by atoms with Crippen LogP contribution in [-0.2, 0) is 12.7 Å². The van der Waals surface area contributed by atoms with Gasteiger partial charge in [-0.15, -0.1) is 0 Å². The number of aryl methyl sites for hydroxylation is 1. The van der Waals surface area contributed by atoms with Crippen LogP contribution in [-0.4, -0.2) is 33.0 Å². The van der Waals surface area contributed by atoms with Crippen LogP contribution in [0.5, 0.6) is 5.75 Å². The van der Waals surface area contributed by atoms with Gasteiger partial charge in [-0.3, -0.25) is 14.8 Å². The third kappa shape index (κ3) is 4.78. The summed E-state index contributed by atoms with van der Waals surface area (Å²) in [5.41, 5.74) is 6.45. The van der Waals surface area contributed by atoms with E-state index in [0.29, 0.717) is 22.3 Å². The van der Waals surface area contributed by atoms with Crippen LogP contribution >= 0.6 is 0 Å². The number of hydrogen-bond donors (Lipinski definition) is 2. The summed E-state index contributed by atoms with van der Waals surface area (Å²) in [6.07, 6.45) is -1.57. The maximum absolute atomic E-state index is 13.2. The van der Waals surface area contributed by atoms with E-state index in [1.165, 1.54) is 25.4 Å². The molecule has 1 aromatic carbocycles. The molecule has 0 saturated heterocycles. The molecule has 4 rings (SSSR count). The molecular formula is C23H21F3N6O3. The van der Waals surface area contributed by atoms with Gasteiger partial charge >= 0.3 is 6.18 Å². The number of halogens is 3. The minimum Gasteiger partial charge on any atom is -0.494 e. The number of alkyl halides is 3. The summed E-state index contributed by atoms with van der Waals surface area (Å²) in [7, 11) is 1.33. The van der Waals surface area contributed by atoms with Gasteiger partial charge in [0.2, 0.25) is 5.89 Å². The normalized spacial score (nSPS) is 12.5. The Hall–Kier alpha value is -4.06. The Balaban J connectivity index is 1.75. The van der Waals surface area contributed by atoms with Crippen LogP contribution in [0.25, 0.3) is 22.4 Å². The highest BCUT2D eigenvalue weighted by molar-refractivity contribution is 5.98. The Morgan fingerprint density at radius 2 is 1.91 bits per heavy atom. The fourth-order valence-corrected chi connectivity index (χ4v) is 3.48. The van der Waals surface area contributed by atoms with Gasteiger partial charge in [0.15, 0.2) is 11.5 Å². The highest BCUT2D eigenvalue weighted by Crippen LogP contribution is 2.37. The molecule has 0 radical (unpaired) electrons. The van der Waals surface area contributed by atoms with Gasteiger partial charge in [0.1, 0.15) is 17.0 Å². The molecule has 1 atom stereocenters. The lowest BCUT2D eigenvalue weighted by atomic mass is 10.1. The first kappa shape index (κ1) is 24.1. The minimum atomic E-state index is -4.63. The van der Waals surface area contributed by atoms with Gasteiger partial charge in [-0.2, -0.15) is 13.2 Å². The molecule has 0 fully saturated rings. The minimum absolute atomic E-state index is 0.00680. The summed E-state index contributed by atoms with van der Waals surface area (Å²) in [6.45, 7) is 3.50. The maximum Gasteiger partial charge on any atom is 0.433 e. The predicted molar refractivity (Wildman–Crippen MR) is 119 cm³/mol. The average molecular weight is 486 g/mol. The van der Waals surface area contributed by atoms with Crippen molar-refractivity contribution in [3.63, 3.8) is 0 Å². The van der Waals surface area contributed by atoms with Crippen molar-refractivity contribution in [1.82, 2.24) is 25.3 Å². The molecule has 1 amide bonds. The molecule has 0 aliphatic rings.